The molecule has 1 heterocycles. The Balaban J connectivity index is 1.70. The van der Waals surface area contributed by atoms with E-state index in [1.807, 2.05) is 18.2 Å². The lowest BCUT2D eigenvalue weighted by atomic mass is 9.95. The summed E-state index contributed by atoms with van der Waals surface area (Å²) in [5.74, 6) is 0.199. The highest BCUT2D eigenvalue weighted by atomic mass is 32.1. The maximum atomic E-state index is 12.7. The standard InChI is InChI=1S/C20H24N2O4S/c1-25-12-11-21-19(24)18-15-9-5-6-10-16(15)27-20(18)22-17(23)13-26-14-7-3-2-4-8-14/h2-4,7-8H,5-6,9-13H2,1H3,(H,21,24)(H,22,23). The van der Waals surface area contributed by atoms with E-state index in [2.05, 4.69) is 10.6 Å². The van der Waals surface area contributed by atoms with Gasteiger partial charge >= 0.3 is 0 Å². The first kappa shape index (κ1) is 19.4. The van der Waals surface area contributed by atoms with Crippen molar-refractivity contribution < 1.29 is 19.1 Å². The molecule has 0 atom stereocenters. The van der Waals surface area contributed by atoms with Crippen molar-refractivity contribution >= 4 is 28.2 Å². The lowest BCUT2D eigenvalue weighted by Gasteiger charge is -2.13. The van der Waals surface area contributed by atoms with E-state index in [1.54, 1.807) is 19.2 Å². The average Bonchev–Trinajstić information content (AvgIpc) is 3.05. The summed E-state index contributed by atoms with van der Waals surface area (Å²) in [5.41, 5.74) is 1.67. The second kappa shape index (κ2) is 9.53. The number of carbonyl (C=O) groups is 2. The number of aryl methyl sites for hydroxylation is 1. The summed E-state index contributed by atoms with van der Waals surface area (Å²) in [7, 11) is 1.59. The molecule has 0 aliphatic heterocycles. The zero-order valence-corrected chi connectivity index (χ0v) is 16.2. The maximum Gasteiger partial charge on any atom is 0.262 e. The molecule has 2 amide bonds. The fourth-order valence-corrected chi connectivity index (χ4v) is 4.38. The van der Waals surface area contributed by atoms with Crippen LogP contribution in [-0.4, -0.2) is 38.7 Å². The Labute approximate surface area is 162 Å². The van der Waals surface area contributed by atoms with E-state index >= 15 is 0 Å². The molecular formula is C20H24N2O4S. The van der Waals surface area contributed by atoms with Crippen LogP contribution in [0.1, 0.15) is 33.6 Å². The molecule has 0 fully saturated rings. The fraction of sp³-hybridized carbons (Fsp3) is 0.400. The van der Waals surface area contributed by atoms with Gasteiger partial charge in [0.05, 0.1) is 12.2 Å². The van der Waals surface area contributed by atoms with E-state index in [1.165, 1.54) is 16.2 Å². The third-order valence-electron chi connectivity index (χ3n) is 4.36. The molecule has 0 saturated carbocycles. The highest BCUT2D eigenvalue weighted by Crippen LogP contribution is 2.38. The van der Waals surface area contributed by atoms with Gasteiger partial charge in [-0.3, -0.25) is 9.59 Å². The van der Waals surface area contributed by atoms with Gasteiger partial charge in [-0.05, 0) is 43.4 Å². The van der Waals surface area contributed by atoms with Crippen LogP contribution in [0.15, 0.2) is 30.3 Å². The summed E-state index contributed by atoms with van der Waals surface area (Å²) in [5, 5.41) is 6.35. The van der Waals surface area contributed by atoms with E-state index < -0.39 is 0 Å². The lowest BCUT2D eigenvalue weighted by Crippen LogP contribution is -2.29. The first-order valence-corrected chi connectivity index (χ1v) is 9.90. The van der Waals surface area contributed by atoms with Gasteiger partial charge in [0.1, 0.15) is 10.8 Å². The number of carbonyl (C=O) groups excluding carboxylic acids is 2. The molecule has 1 aliphatic rings. The number of hydrogen-bond donors (Lipinski definition) is 2. The molecule has 3 rings (SSSR count). The minimum atomic E-state index is -0.275. The number of thiophene rings is 1. The molecule has 1 aliphatic carbocycles. The quantitative estimate of drug-likeness (QED) is 0.682. The molecule has 0 unspecified atom stereocenters. The highest BCUT2D eigenvalue weighted by Gasteiger charge is 2.26. The van der Waals surface area contributed by atoms with Crippen LogP contribution in [-0.2, 0) is 22.4 Å². The van der Waals surface area contributed by atoms with E-state index in [-0.39, 0.29) is 18.4 Å². The largest absolute Gasteiger partial charge is 0.484 e. The molecule has 0 saturated heterocycles. The highest BCUT2D eigenvalue weighted by molar-refractivity contribution is 7.17. The molecule has 0 spiro atoms. The van der Waals surface area contributed by atoms with Gasteiger partial charge in [0.25, 0.3) is 11.8 Å². The second-order valence-corrected chi connectivity index (χ2v) is 7.42. The van der Waals surface area contributed by atoms with Crippen molar-refractivity contribution in [1.29, 1.82) is 0 Å². The first-order chi connectivity index (χ1) is 13.2. The van der Waals surface area contributed by atoms with Crippen LogP contribution < -0.4 is 15.4 Å². The molecule has 6 nitrogen and oxygen atoms in total. The van der Waals surface area contributed by atoms with Crippen LogP contribution in [0.5, 0.6) is 5.75 Å². The van der Waals surface area contributed by atoms with Crippen molar-refractivity contribution in [1.82, 2.24) is 5.32 Å². The van der Waals surface area contributed by atoms with Crippen LogP contribution in [0.25, 0.3) is 0 Å². The molecule has 0 bridgehead atoms. The van der Waals surface area contributed by atoms with Crippen LogP contribution >= 0.6 is 11.3 Å². The number of benzene rings is 1. The maximum absolute atomic E-state index is 12.7. The summed E-state index contributed by atoms with van der Waals surface area (Å²) in [6.07, 6.45) is 4.00. The van der Waals surface area contributed by atoms with Crippen molar-refractivity contribution in [2.75, 3.05) is 32.2 Å². The zero-order chi connectivity index (χ0) is 19.1. The third kappa shape index (κ3) is 5.08. The van der Waals surface area contributed by atoms with E-state index in [0.29, 0.717) is 29.5 Å². The molecule has 0 radical (unpaired) electrons. The van der Waals surface area contributed by atoms with Gasteiger partial charge in [0.15, 0.2) is 6.61 Å². The number of fused-ring (bicyclic) bond motifs is 1. The first-order valence-electron chi connectivity index (χ1n) is 9.08. The predicted octanol–water partition coefficient (Wildman–Crippen LogP) is 3.02. The molecule has 1 aromatic carbocycles. The number of rotatable bonds is 8. The fourth-order valence-electron chi connectivity index (χ4n) is 3.08. The van der Waals surface area contributed by atoms with E-state index in [4.69, 9.17) is 9.47 Å². The number of ether oxygens (including phenoxy) is 2. The van der Waals surface area contributed by atoms with Gasteiger partial charge in [-0.2, -0.15) is 0 Å². The van der Waals surface area contributed by atoms with Crippen LogP contribution in [0, 0.1) is 0 Å². The molecule has 27 heavy (non-hydrogen) atoms. The topological polar surface area (TPSA) is 76.7 Å². The normalized spacial score (nSPS) is 12.9. The van der Waals surface area contributed by atoms with Crippen LogP contribution in [0.2, 0.25) is 0 Å². The lowest BCUT2D eigenvalue weighted by molar-refractivity contribution is -0.118. The summed E-state index contributed by atoms with van der Waals surface area (Å²) < 4.78 is 10.5. The second-order valence-electron chi connectivity index (χ2n) is 6.31. The summed E-state index contributed by atoms with van der Waals surface area (Å²) in [6.45, 7) is 0.784. The SMILES string of the molecule is COCCNC(=O)c1c(NC(=O)COc2ccccc2)sc2c1CCCC2. The van der Waals surface area contributed by atoms with Crippen molar-refractivity contribution in [3.63, 3.8) is 0 Å². The smallest absolute Gasteiger partial charge is 0.262 e. The van der Waals surface area contributed by atoms with Gasteiger partial charge in [0.2, 0.25) is 0 Å². The van der Waals surface area contributed by atoms with Crippen molar-refractivity contribution in [3.05, 3.63) is 46.3 Å². The van der Waals surface area contributed by atoms with Gasteiger partial charge < -0.3 is 20.1 Å². The average molecular weight is 388 g/mol. The minimum Gasteiger partial charge on any atom is -0.484 e. The third-order valence-corrected chi connectivity index (χ3v) is 5.56. The van der Waals surface area contributed by atoms with Crippen molar-refractivity contribution in [3.8, 4) is 5.75 Å². The molecule has 2 aromatic rings. The predicted molar refractivity (Wildman–Crippen MR) is 106 cm³/mol. The minimum absolute atomic E-state index is 0.0999. The molecule has 1 aromatic heterocycles. The van der Waals surface area contributed by atoms with Gasteiger partial charge in [-0.1, -0.05) is 18.2 Å². The number of methoxy groups -OCH3 is 1. The molecule has 7 heteroatoms. The van der Waals surface area contributed by atoms with E-state index in [9.17, 15) is 9.59 Å². The monoisotopic (exact) mass is 388 g/mol. The Bertz CT molecular complexity index is 789. The molecule has 144 valence electrons. The summed E-state index contributed by atoms with van der Waals surface area (Å²) in [4.78, 5) is 26.2. The zero-order valence-electron chi connectivity index (χ0n) is 15.4. The Kier molecular flexibility index (Phi) is 6.84. The van der Waals surface area contributed by atoms with Crippen LogP contribution in [0.3, 0.4) is 0 Å². The number of amides is 2. The summed E-state index contributed by atoms with van der Waals surface area (Å²) >= 11 is 1.50. The molecule has 2 N–H and O–H groups in total. The Morgan fingerprint density at radius 3 is 2.70 bits per heavy atom. The van der Waals surface area contributed by atoms with Gasteiger partial charge in [0, 0.05) is 18.5 Å². The van der Waals surface area contributed by atoms with Crippen molar-refractivity contribution in [2.24, 2.45) is 0 Å². The number of para-hydroxylation sites is 1. The summed E-state index contributed by atoms with van der Waals surface area (Å²) in [6, 6.07) is 9.18. The van der Waals surface area contributed by atoms with E-state index in [0.717, 1.165) is 31.2 Å². The van der Waals surface area contributed by atoms with Gasteiger partial charge in [-0.15, -0.1) is 11.3 Å². The Hall–Kier alpha value is -2.38. The Morgan fingerprint density at radius 1 is 1.15 bits per heavy atom. The van der Waals surface area contributed by atoms with Gasteiger partial charge in [-0.25, -0.2) is 0 Å². The van der Waals surface area contributed by atoms with Crippen molar-refractivity contribution in [2.45, 2.75) is 25.7 Å². The number of anilines is 1. The Morgan fingerprint density at radius 2 is 1.93 bits per heavy atom. The molecular weight excluding hydrogens is 364 g/mol. The number of nitrogens with one attached hydrogen (secondary N) is 2. The van der Waals surface area contributed by atoms with Crippen LogP contribution in [0.4, 0.5) is 5.00 Å². The number of hydrogen-bond acceptors (Lipinski definition) is 5.